The Bertz CT molecular complexity index is 2380. The molecule has 186 valence electrons. The standard InChI is InChI=1S/C38H22OS/c1-2-8-24-19-26(14-13-23(24)7-1)37-29-9-3-5-11-31(29)38(32-12-6-4-10-30(32)37)27-15-16-28-33-22-36-25(17-18-40-36)20-35(33)39-34(28)21-27/h1-22H. The predicted molar refractivity (Wildman–Crippen MR) is 172 cm³/mol. The quantitative estimate of drug-likeness (QED) is 0.204. The van der Waals surface area contributed by atoms with E-state index in [2.05, 4.69) is 133 Å². The zero-order valence-electron chi connectivity index (χ0n) is 21.5. The van der Waals surface area contributed by atoms with Crippen molar-refractivity contribution in [2.75, 3.05) is 0 Å². The van der Waals surface area contributed by atoms with Crippen LogP contribution in [0.5, 0.6) is 0 Å². The molecule has 1 nitrogen and oxygen atoms in total. The first-order chi connectivity index (χ1) is 19.8. The molecule has 9 rings (SSSR count). The molecule has 2 heterocycles. The topological polar surface area (TPSA) is 13.1 Å². The van der Waals surface area contributed by atoms with Crippen LogP contribution in [0.3, 0.4) is 0 Å². The molecule has 9 aromatic rings. The van der Waals surface area contributed by atoms with Crippen molar-refractivity contribution in [2.24, 2.45) is 0 Å². The Morgan fingerprint density at radius 1 is 0.400 bits per heavy atom. The first-order valence-electron chi connectivity index (χ1n) is 13.6. The van der Waals surface area contributed by atoms with Gasteiger partial charge in [0.25, 0.3) is 0 Å². The number of hydrogen-bond donors (Lipinski definition) is 0. The largest absolute Gasteiger partial charge is 0.456 e. The van der Waals surface area contributed by atoms with Gasteiger partial charge in [-0.2, -0.15) is 0 Å². The number of thiophene rings is 1. The van der Waals surface area contributed by atoms with Crippen molar-refractivity contribution >= 4 is 75.7 Å². The van der Waals surface area contributed by atoms with Gasteiger partial charge in [0.05, 0.1) is 0 Å². The maximum atomic E-state index is 6.45. The third-order valence-corrected chi connectivity index (χ3v) is 9.18. The summed E-state index contributed by atoms with van der Waals surface area (Å²) in [4.78, 5) is 0. The highest BCUT2D eigenvalue weighted by molar-refractivity contribution is 7.17. The Morgan fingerprint density at radius 3 is 1.73 bits per heavy atom. The maximum Gasteiger partial charge on any atom is 0.136 e. The highest BCUT2D eigenvalue weighted by atomic mass is 32.1. The second-order valence-corrected chi connectivity index (χ2v) is 11.5. The van der Waals surface area contributed by atoms with Crippen molar-refractivity contribution in [1.82, 2.24) is 0 Å². The Morgan fingerprint density at radius 2 is 1.00 bits per heavy atom. The highest BCUT2D eigenvalue weighted by Gasteiger charge is 2.18. The minimum Gasteiger partial charge on any atom is -0.456 e. The van der Waals surface area contributed by atoms with Gasteiger partial charge in [0, 0.05) is 15.5 Å². The second kappa shape index (κ2) is 8.29. The van der Waals surface area contributed by atoms with E-state index < -0.39 is 0 Å². The molecule has 0 bridgehead atoms. The molecule has 0 fully saturated rings. The third kappa shape index (κ3) is 3.14. The van der Waals surface area contributed by atoms with E-state index in [-0.39, 0.29) is 0 Å². The van der Waals surface area contributed by atoms with Crippen LogP contribution in [0.1, 0.15) is 0 Å². The van der Waals surface area contributed by atoms with Crippen molar-refractivity contribution in [3.05, 3.63) is 133 Å². The molecule has 0 unspecified atom stereocenters. The van der Waals surface area contributed by atoms with Crippen LogP contribution in [0.4, 0.5) is 0 Å². The lowest BCUT2D eigenvalue weighted by molar-refractivity contribution is 0.669. The summed E-state index contributed by atoms with van der Waals surface area (Å²) in [5, 5.41) is 13.3. The molecule has 0 spiro atoms. The number of fused-ring (bicyclic) bond motifs is 7. The zero-order valence-corrected chi connectivity index (χ0v) is 22.3. The van der Waals surface area contributed by atoms with Crippen LogP contribution in [0.25, 0.3) is 86.6 Å². The number of furan rings is 1. The molecule has 0 aliphatic heterocycles. The first kappa shape index (κ1) is 22.0. The molecule has 0 saturated heterocycles. The summed E-state index contributed by atoms with van der Waals surface area (Å²) in [5.41, 5.74) is 6.82. The predicted octanol–water partition coefficient (Wildman–Crippen LogP) is 11.6. The minimum absolute atomic E-state index is 0.928. The monoisotopic (exact) mass is 526 g/mol. The van der Waals surface area contributed by atoms with Crippen LogP contribution in [0, 0.1) is 0 Å². The van der Waals surface area contributed by atoms with Crippen molar-refractivity contribution in [3.63, 3.8) is 0 Å². The molecule has 40 heavy (non-hydrogen) atoms. The summed E-state index contributed by atoms with van der Waals surface area (Å²) in [7, 11) is 0. The van der Waals surface area contributed by atoms with Crippen LogP contribution in [-0.2, 0) is 0 Å². The first-order valence-corrected chi connectivity index (χ1v) is 14.5. The average Bonchev–Trinajstić information content (AvgIpc) is 3.61. The van der Waals surface area contributed by atoms with Gasteiger partial charge < -0.3 is 4.42 Å². The van der Waals surface area contributed by atoms with Gasteiger partial charge in [0.2, 0.25) is 0 Å². The fourth-order valence-electron chi connectivity index (χ4n) is 6.48. The lowest BCUT2D eigenvalue weighted by Crippen LogP contribution is -1.90. The Balaban J connectivity index is 1.35. The molecular formula is C38H22OS. The van der Waals surface area contributed by atoms with E-state index in [4.69, 9.17) is 4.42 Å². The summed E-state index contributed by atoms with van der Waals surface area (Å²) in [5.74, 6) is 0. The summed E-state index contributed by atoms with van der Waals surface area (Å²) in [6.07, 6.45) is 0. The molecule has 0 amide bonds. The van der Waals surface area contributed by atoms with E-state index >= 15 is 0 Å². The van der Waals surface area contributed by atoms with E-state index in [0.717, 1.165) is 16.6 Å². The van der Waals surface area contributed by atoms with E-state index in [0.29, 0.717) is 0 Å². The van der Waals surface area contributed by atoms with E-state index in [1.807, 2.05) is 0 Å². The number of hydrogen-bond acceptors (Lipinski definition) is 2. The number of benzene rings is 7. The molecule has 2 aromatic heterocycles. The lowest BCUT2D eigenvalue weighted by Gasteiger charge is -2.18. The van der Waals surface area contributed by atoms with E-state index in [9.17, 15) is 0 Å². The average molecular weight is 527 g/mol. The van der Waals surface area contributed by atoms with Gasteiger partial charge in [0.1, 0.15) is 11.2 Å². The van der Waals surface area contributed by atoms with Gasteiger partial charge >= 0.3 is 0 Å². The fourth-order valence-corrected chi connectivity index (χ4v) is 7.29. The Hall–Kier alpha value is -4.92. The minimum atomic E-state index is 0.928. The zero-order chi connectivity index (χ0) is 26.2. The van der Waals surface area contributed by atoms with Crippen molar-refractivity contribution < 1.29 is 4.42 Å². The Kier molecular flexibility index (Phi) is 4.55. The summed E-state index contributed by atoms with van der Waals surface area (Å²) in [6.45, 7) is 0. The van der Waals surface area contributed by atoms with Gasteiger partial charge in [-0.3, -0.25) is 0 Å². The second-order valence-electron chi connectivity index (χ2n) is 10.5. The number of rotatable bonds is 2. The molecule has 2 heteroatoms. The summed E-state index contributed by atoms with van der Waals surface area (Å²) < 4.78 is 7.75. The highest BCUT2D eigenvalue weighted by Crippen LogP contribution is 2.45. The SMILES string of the molecule is c1ccc2cc(-c3c4ccccc4c(-c4ccc5c(c4)oc4cc6ccsc6cc45)c4ccccc34)ccc2c1. The van der Waals surface area contributed by atoms with Crippen LogP contribution in [0.15, 0.2) is 137 Å². The van der Waals surface area contributed by atoms with Crippen LogP contribution >= 0.6 is 11.3 Å². The van der Waals surface area contributed by atoms with Crippen molar-refractivity contribution in [1.29, 1.82) is 0 Å². The molecule has 0 aliphatic carbocycles. The summed E-state index contributed by atoms with van der Waals surface area (Å²) in [6, 6.07) is 46.4. The van der Waals surface area contributed by atoms with Gasteiger partial charge in [0.15, 0.2) is 0 Å². The molecule has 0 aliphatic rings. The van der Waals surface area contributed by atoms with Crippen molar-refractivity contribution in [2.45, 2.75) is 0 Å². The van der Waals surface area contributed by atoms with E-state index in [1.165, 1.54) is 70.0 Å². The molecular weight excluding hydrogens is 504 g/mol. The fraction of sp³-hybridized carbons (Fsp3) is 0. The normalized spacial score (nSPS) is 12.0. The lowest BCUT2D eigenvalue weighted by atomic mass is 9.85. The molecule has 0 radical (unpaired) electrons. The molecule has 0 saturated carbocycles. The summed E-state index contributed by atoms with van der Waals surface area (Å²) >= 11 is 1.78. The van der Waals surface area contributed by atoms with Crippen molar-refractivity contribution in [3.8, 4) is 22.3 Å². The van der Waals surface area contributed by atoms with Gasteiger partial charge in [-0.05, 0) is 102 Å². The van der Waals surface area contributed by atoms with E-state index in [1.54, 1.807) is 11.3 Å². The maximum absolute atomic E-state index is 6.45. The van der Waals surface area contributed by atoms with Crippen LogP contribution in [-0.4, -0.2) is 0 Å². The molecule has 0 atom stereocenters. The molecule has 0 N–H and O–H groups in total. The van der Waals surface area contributed by atoms with Gasteiger partial charge in [-0.15, -0.1) is 11.3 Å². The van der Waals surface area contributed by atoms with Gasteiger partial charge in [-0.1, -0.05) is 91.0 Å². The van der Waals surface area contributed by atoms with Gasteiger partial charge in [-0.25, -0.2) is 0 Å². The molecule has 7 aromatic carbocycles. The smallest absolute Gasteiger partial charge is 0.136 e. The van der Waals surface area contributed by atoms with Crippen LogP contribution in [0.2, 0.25) is 0 Å². The third-order valence-electron chi connectivity index (χ3n) is 8.30. The van der Waals surface area contributed by atoms with Crippen LogP contribution < -0.4 is 0 Å². The Labute approximate surface area is 234 Å².